The van der Waals surface area contributed by atoms with E-state index in [9.17, 15) is 9.90 Å². The lowest BCUT2D eigenvalue weighted by Gasteiger charge is -2.35. The zero-order chi connectivity index (χ0) is 26.1. The standard InChI is InChI=1S/C28H38N6O3/c1-5-32-12-14-33(15-13-32)20-8-10-21(11-9-20)34-26(30-31-27(34)28(36)29-19-6-7-19)23-16-22(18(2)3)25(37-4)17-24(23)35/h8-11,16-19,27,31,35H,5-7,12-15H2,1-4H3,(H,29,36). The number of hydrazone groups is 1. The third kappa shape index (κ3) is 5.18. The number of benzene rings is 2. The lowest BCUT2D eigenvalue weighted by atomic mass is 9.98. The molecule has 0 bridgehead atoms. The van der Waals surface area contributed by atoms with Crippen LogP contribution in [0.15, 0.2) is 41.5 Å². The Labute approximate surface area is 219 Å². The molecule has 1 unspecified atom stereocenters. The molecule has 3 N–H and O–H groups in total. The largest absolute Gasteiger partial charge is 0.507 e. The molecular weight excluding hydrogens is 468 g/mol. The third-order valence-electron chi connectivity index (χ3n) is 7.47. The summed E-state index contributed by atoms with van der Waals surface area (Å²) in [5, 5.41) is 18.6. The number of anilines is 2. The maximum Gasteiger partial charge on any atom is 0.265 e. The number of phenols is 1. The Balaban J connectivity index is 1.47. The number of amides is 1. The van der Waals surface area contributed by atoms with Gasteiger partial charge in [-0.25, -0.2) is 0 Å². The Morgan fingerprint density at radius 2 is 1.81 bits per heavy atom. The van der Waals surface area contributed by atoms with Crippen LogP contribution in [0.4, 0.5) is 11.4 Å². The van der Waals surface area contributed by atoms with Crippen molar-refractivity contribution in [1.82, 2.24) is 15.6 Å². The molecule has 0 aromatic heterocycles. The summed E-state index contributed by atoms with van der Waals surface area (Å²) in [6.45, 7) is 11.6. The molecule has 2 fully saturated rings. The van der Waals surface area contributed by atoms with Crippen molar-refractivity contribution in [1.29, 1.82) is 0 Å². The first-order chi connectivity index (χ1) is 17.9. The fourth-order valence-corrected chi connectivity index (χ4v) is 5.04. The van der Waals surface area contributed by atoms with Gasteiger partial charge < -0.3 is 25.0 Å². The molecule has 2 aromatic carbocycles. The number of ether oxygens (including phenoxy) is 1. The fourth-order valence-electron chi connectivity index (χ4n) is 5.04. The van der Waals surface area contributed by atoms with Crippen molar-refractivity contribution >= 4 is 23.1 Å². The molecule has 198 valence electrons. The molecule has 0 radical (unpaired) electrons. The topological polar surface area (TPSA) is 92.7 Å². The Hall–Kier alpha value is -3.46. The highest BCUT2D eigenvalue weighted by molar-refractivity contribution is 6.16. The van der Waals surface area contributed by atoms with Crippen LogP contribution < -0.4 is 25.3 Å². The van der Waals surface area contributed by atoms with Gasteiger partial charge in [-0.05, 0) is 61.2 Å². The number of hydrogen-bond donors (Lipinski definition) is 3. The highest BCUT2D eigenvalue weighted by Crippen LogP contribution is 2.36. The first-order valence-corrected chi connectivity index (χ1v) is 13.3. The highest BCUT2D eigenvalue weighted by atomic mass is 16.5. The summed E-state index contributed by atoms with van der Waals surface area (Å²) < 4.78 is 5.51. The van der Waals surface area contributed by atoms with E-state index in [1.54, 1.807) is 13.2 Å². The summed E-state index contributed by atoms with van der Waals surface area (Å²) in [6, 6.07) is 12.0. The highest BCUT2D eigenvalue weighted by Gasteiger charge is 2.38. The smallest absolute Gasteiger partial charge is 0.265 e. The summed E-state index contributed by atoms with van der Waals surface area (Å²) in [5.41, 5.74) is 6.54. The van der Waals surface area contributed by atoms with E-state index in [0.29, 0.717) is 17.1 Å². The first-order valence-electron chi connectivity index (χ1n) is 13.3. The number of carbonyl (C=O) groups is 1. The van der Waals surface area contributed by atoms with Gasteiger partial charge in [0, 0.05) is 49.7 Å². The van der Waals surface area contributed by atoms with Crippen molar-refractivity contribution in [2.75, 3.05) is 49.6 Å². The number of amidine groups is 1. The van der Waals surface area contributed by atoms with Gasteiger partial charge in [0.05, 0.1) is 12.7 Å². The van der Waals surface area contributed by atoms with Gasteiger partial charge in [-0.1, -0.05) is 20.8 Å². The molecule has 1 aliphatic carbocycles. The summed E-state index contributed by atoms with van der Waals surface area (Å²) in [6.07, 6.45) is 1.30. The summed E-state index contributed by atoms with van der Waals surface area (Å²) in [5.74, 6) is 1.24. The second kappa shape index (κ2) is 10.5. The molecule has 3 aliphatic rings. The fraction of sp³-hybridized carbons (Fsp3) is 0.500. The van der Waals surface area contributed by atoms with Gasteiger partial charge in [-0.2, -0.15) is 5.10 Å². The van der Waals surface area contributed by atoms with Crippen LogP contribution in [0.1, 0.15) is 50.7 Å². The number of rotatable bonds is 8. The van der Waals surface area contributed by atoms with E-state index >= 15 is 0 Å². The Kier molecular flexibility index (Phi) is 7.15. The second-order valence-electron chi connectivity index (χ2n) is 10.3. The van der Waals surface area contributed by atoms with Crippen molar-refractivity contribution < 1.29 is 14.6 Å². The zero-order valence-corrected chi connectivity index (χ0v) is 22.2. The quantitative estimate of drug-likeness (QED) is 0.507. The average molecular weight is 507 g/mol. The van der Waals surface area contributed by atoms with Crippen molar-refractivity contribution in [3.63, 3.8) is 0 Å². The van der Waals surface area contributed by atoms with Crippen LogP contribution in [-0.2, 0) is 4.79 Å². The number of piperazine rings is 1. The van der Waals surface area contributed by atoms with Crippen LogP contribution in [0.5, 0.6) is 11.5 Å². The van der Waals surface area contributed by atoms with Crippen LogP contribution in [0.3, 0.4) is 0 Å². The number of hydrogen-bond acceptors (Lipinski definition) is 8. The predicted octanol–water partition coefficient (Wildman–Crippen LogP) is 3.04. The SMILES string of the molecule is CCN1CCN(c2ccc(N3C(c4cc(C(C)C)c(OC)cc4O)=NNC3C(=O)NC3CC3)cc2)CC1. The lowest BCUT2D eigenvalue weighted by Crippen LogP contribution is -2.52. The van der Waals surface area contributed by atoms with Crippen LogP contribution in [-0.4, -0.2) is 73.8 Å². The second-order valence-corrected chi connectivity index (χ2v) is 10.3. The number of nitrogens with one attached hydrogen (secondary N) is 2. The molecule has 9 nitrogen and oxygen atoms in total. The normalized spacial score (nSPS) is 20.1. The minimum Gasteiger partial charge on any atom is -0.507 e. The average Bonchev–Trinajstić information content (AvgIpc) is 3.62. The minimum absolute atomic E-state index is 0.0560. The Morgan fingerprint density at radius 1 is 1.14 bits per heavy atom. The van der Waals surface area contributed by atoms with Gasteiger partial charge in [0.25, 0.3) is 5.91 Å². The maximum absolute atomic E-state index is 13.2. The first kappa shape index (κ1) is 25.2. The van der Waals surface area contributed by atoms with Crippen LogP contribution in [0, 0.1) is 0 Å². The van der Waals surface area contributed by atoms with E-state index in [0.717, 1.165) is 56.8 Å². The molecule has 37 heavy (non-hydrogen) atoms. The third-order valence-corrected chi connectivity index (χ3v) is 7.47. The summed E-state index contributed by atoms with van der Waals surface area (Å²) >= 11 is 0. The van der Waals surface area contributed by atoms with Crippen LogP contribution in [0.2, 0.25) is 0 Å². The summed E-state index contributed by atoms with van der Waals surface area (Å²) in [4.78, 5) is 19.9. The van der Waals surface area contributed by atoms with Crippen molar-refractivity contribution in [3.05, 3.63) is 47.5 Å². The molecule has 2 aliphatic heterocycles. The van der Waals surface area contributed by atoms with E-state index < -0.39 is 6.17 Å². The van der Waals surface area contributed by atoms with Crippen molar-refractivity contribution in [2.45, 2.75) is 51.7 Å². The van der Waals surface area contributed by atoms with E-state index in [1.165, 1.54) is 5.69 Å². The lowest BCUT2D eigenvalue weighted by molar-refractivity contribution is -0.122. The van der Waals surface area contributed by atoms with Gasteiger partial charge in [0.2, 0.25) is 6.17 Å². The number of phenolic OH excluding ortho intramolecular Hbond substituents is 1. The zero-order valence-electron chi connectivity index (χ0n) is 22.2. The number of methoxy groups -OCH3 is 1. The molecule has 1 saturated carbocycles. The van der Waals surface area contributed by atoms with Crippen LogP contribution >= 0.6 is 0 Å². The molecule has 9 heteroatoms. The Morgan fingerprint density at radius 3 is 2.41 bits per heavy atom. The van der Waals surface area contributed by atoms with E-state index in [4.69, 9.17) is 4.74 Å². The molecule has 5 rings (SSSR count). The molecule has 1 saturated heterocycles. The summed E-state index contributed by atoms with van der Waals surface area (Å²) in [7, 11) is 1.60. The van der Waals surface area contributed by atoms with Crippen molar-refractivity contribution in [2.24, 2.45) is 5.10 Å². The minimum atomic E-state index is -0.710. The maximum atomic E-state index is 13.2. The predicted molar refractivity (Wildman–Crippen MR) is 147 cm³/mol. The van der Waals surface area contributed by atoms with E-state index in [1.807, 2.05) is 23.1 Å². The van der Waals surface area contributed by atoms with Gasteiger partial charge in [0.1, 0.15) is 11.5 Å². The van der Waals surface area contributed by atoms with Gasteiger partial charge >= 0.3 is 0 Å². The number of likely N-dealkylation sites (N-methyl/N-ethyl adjacent to an activating group) is 1. The Bertz CT molecular complexity index is 1150. The molecule has 0 spiro atoms. The van der Waals surface area contributed by atoms with Crippen molar-refractivity contribution in [3.8, 4) is 11.5 Å². The number of aromatic hydroxyl groups is 1. The van der Waals surface area contributed by atoms with E-state index in [-0.39, 0.29) is 23.6 Å². The number of carbonyl (C=O) groups excluding carboxylic acids is 1. The molecule has 2 aromatic rings. The molecule has 1 atom stereocenters. The van der Waals surface area contributed by atoms with E-state index in [2.05, 4.69) is 58.5 Å². The molecular formula is C28H38N6O3. The molecule has 1 amide bonds. The number of nitrogens with zero attached hydrogens (tertiary/aromatic N) is 4. The van der Waals surface area contributed by atoms with Gasteiger partial charge in [-0.3, -0.25) is 15.1 Å². The van der Waals surface area contributed by atoms with Gasteiger partial charge in [-0.15, -0.1) is 0 Å². The van der Waals surface area contributed by atoms with Gasteiger partial charge in [0.15, 0.2) is 5.84 Å². The van der Waals surface area contributed by atoms with Crippen LogP contribution in [0.25, 0.3) is 0 Å². The monoisotopic (exact) mass is 506 g/mol. The molecule has 2 heterocycles.